The van der Waals surface area contributed by atoms with Gasteiger partial charge >= 0.3 is 0 Å². The lowest BCUT2D eigenvalue weighted by Gasteiger charge is -2.02. The second kappa shape index (κ2) is 7.63. The van der Waals surface area contributed by atoms with E-state index in [1.807, 2.05) is 36.4 Å². The van der Waals surface area contributed by atoms with Crippen LogP contribution in [0.25, 0.3) is 11.6 Å². The molecule has 118 valence electrons. The first-order valence-electron chi connectivity index (χ1n) is 7.67. The minimum Gasteiger partial charge on any atom is -0.497 e. The van der Waals surface area contributed by atoms with E-state index < -0.39 is 0 Å². The van der Waals surface area contributed by atoms with Gasteiger partial charge < -0.3 is 4.74 Å². The van der Waals surface area contributed by atoms with Crippen LogP contribution in [0.3, 0.4) is 0 Å². The highest BCUT2D eigenvalue weighted by Gasteiger charge is 2.04. The second-order valence-electron chi connectivity index (χ2n) is 5.36. The van der Waals surface area contributed by atoms with Gasteiger partial charge in [-0.05, 0) is 53.6 Å². The first-order chi connectivity index (χ1) is 11.8. The van der Waals surface area contributed by atoms with Crippen molar-refractivity contribution < 1.29 is 4.74 Å². The van der Waals surface area contributed by atoms with E-state index in [0.717, 1.165) is 22.6 Å². The van der Waals surface area contributed by atoms with E-state index >= 15 is 0 Å². The van der Waals surface area contributed by atoms with E-state index in [2.05, 4.69) is 42.5 Å². The van der Waals surface area contributed by atoms with Gasteiger partial charge in [-0.15, -0.1) is 11.3 Å². The number of rotatable bonds is 5. The summed E-state index contributed by atoms with van der Waals surface area (Å²) in [6, 6.07) is 24.5. The van der Waals surface area contributed by atoms with E-state index in [9.17, 15) is 5.26 Å². The molecule has 24 heavy (non-hydrogen) atoms. The summed E-state index contributed by atoms with van der Waals surface area (Å²) in [6.07, 6.45) is 2.87. The molecule has 3 aromatic rings. The lowest BCUT2D eigenvalue weighted by molar-refractivity contribution is 0.415. The van der Waals surface area contributed by atoms with Gasteiger partial charge in [-0.2, -0.15) is 5.26 Å². The van der Waals surface area contributed by atoms with Crippen LogP contribution < -0.4 is 4.74 Å². The van der Waals surface area contributed by atoms with Crippen molar-refractivity contribution in [2.75, 3.05) is 7.11 Å². The molecule has 0 amide bonds. The fourth-order valence-electron chi connectivity index (χ4n) is 2.46. The van der Waals surface area contributed by atoms with E-state index in [1.54, 1.807) is 18.4 Å². The van der Waals surface area contributed by atoms with Crippen molar-refractivity contribution in [2.24, 2.45) is 0 Å². The Balaban J connectivity index is 1.80. The zero-order valence-corrected chi connectivity index (χ0v) is 14.2. The third kappa shape index (κ3) is 3.92. The molecule has 0 N–H and O–H groups in total. The number of nitriles is 1. The Morgan fingerprint density at radius 3 is 2.46 bits per heavy atom. The molecule has 0 fully saturated rings. The third-order valence-corrected chi connectivity index (χ3v) is 4.74. The maximum atomic E-state index is 9.46. The van der Waals surface area contributed by atoms with Crippen molar-refractivity contribution in [1.82, 2.24) is 0 Å². The molecule has 1 heterocycles. The molecule has 0 saturated heterocycles. The summed E-state index contributed by atoms with van der Waals surface area (Å²) in [6.45, 7) is 0. The summed E-state index contributed by atoms with van der Waals surface area (Å²) in [5.41, 5.74) is 2.85. The number of thiophene rings is 1. The number of benzene rings is 2. The highest BCUT2D eigenvalue weighted by molar-refractivity contribution is 7.13. The molecular weight excluding hydrogens is 314 g/mol. The topological polar surface area (TPSA) is 33.0 Å². The van der Waals surface area contributed by atoms with Crippen molar-refractivity contribution in [2.45, 2.75) is 6.42 Å². The summed E-state index contributed by atoms with van der Waals surface area (Å²) >= 11 is 1.72. The molecule has 1 aromatic heterocycles. The van der Waals surface area contributed by atoms with Crippen molar-refractivity contribution >= 4 is 23.0 Å². The molecule has 0 unspecified atom stereocenters. The molecule has 0 atom stereocenters. The molecule has 3 rings (SSSR count). The average molecular weight is 331 g/mol. The molecule has 2 aromatic carbocycles. The van der Waals surface area contributed by atoms with Crippen molar-refractivity contribution in [3.05, 3.63) is 87.6 Å². The Bertz CT molecular complexity index is 870. The predicted octanol–water partition coefficient (Wildman–Crippen LogP) is 5.41. The molecule has 0 radical (unpaired) electrons. The maximum absolute atomic E-state index is 9.46. The smallest absolute Gasteiger partial charge is 0.118 e. The normalized spacial score (nSPS) is 11.1. The third-order valence-electron chi connectivity index (χ3n) is 3.71. The van der Waals surface area contributed by atoms with Gasteiger partial charge in [-0.1, -0.05) is 30.3 Å². The predicted molar refractivity (Wildman–Crippen MR) is 100 cm³/mol. The van der Waals surface area contributed by atoms with Gasteiger partial charge in [0.15, 0.2) is 0 Å². The van der Waals surface area contributed by atoms with Gasteiger partial charge in [0.05, 0.1) is 18.8 Å². The van der Waals surface area contributed by atoms with Crippen LogP contribution in [0.1, 0.15) is 20.9 Å². The quantitative estimate of drug-likeness (QED) is 0.585. The Morgan fingerprint density at radius 2 is 1.79 bits per heavy atom. The summed E-state index contributed by atoms with van der Waals surface area (Å²) in [5.74, 6) is 0.789. The largest absolute Gasteiger partial charge is 0.497 e. The average Bonchev–Trinajstić information content (AvgIpc) is 3.07. The lowest BCUT2D eigenvalue weighted by Crippen LogP contribution is -1.84. The van der Waals surface area contributed by atoms with Crippen LogP contribution in [0.5, 0.6) is 5.75 Å². The fraction of sp³-hybridized carbons (Fsp3) is 0.0952. The first kappa shape index (κ1) is 16.0. The van der Waals surface area contributed by atoms with Crippen LogP contribution in [0.4, 0.5) is 0 Å². The van der Waals surface area contributed by atoms with Crippen LogP contribution in [0.2, 0.25) is 0 Å². The Labute approximate surface area is 146 Å². The number of nitrogens with zero attached hydrogens (tertiary/aromatic N) is 1. The Hall–Kier alpha value is -2.83. The number of ether oxygens (including phenoxy) is 1. The first-order valence-corrected chi connectivity index (χ1v) is 8.49. The van der Waals surface area contributed by atoms with Crippen LogP contribution in [0.15, 0.2) is 66.7 Å². The van der Waals surface area contributed by atoms with Crippen molar-refractivity contribution in [1.29, 1.82) is 5.26 Å². The second-order valence-corrected chi connectivity index (χ2v) is 6.56. The number of hydrogen-bond acceptors (Lipinski definition) is 3. The molecular formula is C21H17NOS. The van der Waals surface area contributed by atoms with E-state index in [0.29, 0.717) is 5.57 Å². The van der Waals surface area contributed by atoms with Gasteiger partial charge in [-0.25, -0.2) is 0 Å². The fourth-order valence-corrected chi connectivity index (χ4v) is 3.45. The zero-order chi connectivity index (χ0) is 16.8. The number of methoxy groups -OCH3 is 1. The van der Waals surface area contributed by atoms with Gasteiger partial charge in [0.25, 0.3) is 0 Å². The summed E-state index contributed by atoms with van der Waals surface area (Å²) in [4.78, 5) is 2.38. The van der Waals surface area contributed by atoms with Gasteiger partial charge in [-0.3, -0.25) is 0 Å². The highest BCUT2D eigenvalue weighted by Crippen LogP contribution is 2.26. The molecule has 0 aliphatic heterocycles. The highest BCUT2D eigenvalue weighted by atomic mass is 32.1. The molecule has 0 saturated carbocycles. The molecule has 0 aliphatic rings. The SMILES string of the molecule is COc1ccc(/C(C#N)=C/c2ccc(Cc3ccccc3)s2)cc1. The van der Waals surface area contributed by atoms with Crippen LogP contribution in [-0.2, 0) is 6.42 Å². The van der Waals surface area contributed by atoms with E-state index in [1.165, 1.54) is 10.4 Å². The van der Waals surface area contributed by atoms with E-state index in [4.69, 9.17) is 4.74 Å². The Kier molecular flexibility index (Phi) is 5.10. The summed E-state index contributed by atoms with van der Waals surface area (Å²) < 4.78 is 5.16. The summed E-state index contributed by atoms with van der Waals surface area (Å²) in [5, 5.41) is 9.46. The van der Waals surface area contributed by atoms with Gasteiger partial charge in [0.1, 0.15) is 5.75 Å². The molecule has 0 bridgehead atoms. The standard InChI is InChI=1S/C21H17NOS/c1-23-19-9-7-17(8-10-19)18(15-22)14-21-12-11-20(24-21)13-16-5-3-2-4-6-16/h2-12,14H,13H2,1H3/b18-14+. The molecule has 0 spiro atoms. The van der Waals surface area contributed by atoms with Crippen LogP contribution in [-0.4, -0.2) is 7.11 Å². The van der Waals surface area contributed by atoms with Crippen LogP contribution >= 0.6 is 11.3 Å². The summed E-state index contributed by atoms with van der Waals surface area (Å²) in [7, 11) is 1.63. The monoisotopic (exact) mass is 331 g/mol. The molecule has 0 aliphatic carbocycles. The van der Waals surface area contributed by atoms with E-state index in [-0.39, 0.29) is 0 Å². The number of allylic oxidation sites excluding steroid dienone is 1. The van der Waals surface area contributed by atoms with Crippen molar-refractivity contribution in [3.63, 3.8) is 0 Å². The van der Waals surface area contributed by atoms with Gasteiger partial charge in [0.2, 0.25) is 0 Å². The number of hydrogen-bond donors (Lipinski definition) is 0. The maximum Gasteiger partial charge on any atom is 0.118 e. The Morgan fingerprint density at radius 1 is 1.04 bits per heavy atom. The zero-order valence-electron chi connectivity index (χ0n) is 13.4. The minimum absolute atomic E-state index is 0.658. The lowest BCUT2D eigenvalue weighted by atomic mass is 10.1. The van der Waals surface area contributed by atoms with Crippen LogP contribution in [0, 0.1) is 11.3 Å². The molecule has 2 nitrogen and oxygen atoms in total. The van der Waals surface area contributed by atoms with Gasteiger partial charge in [0, 0.05) is 16.2 Å². The minimum atomic E-state index is 0.658. The van der Waals surface area contributed by atoms with Crippen molar-refractivity contribution in [3.8, 4) is 11.8 Å². The molecule has 3 heteroatoms.